The average molecular weight is 512 g/mol. The number of nitrogens with zero attached hydrogens (tertiary/aromatic N) is 8. The Balaban J connectivity index is 1.50. The molecule has 2 aliphatic heterocycles. The summed E-state index contributed by atoms with van der Waals surface area (Å²) in [5, 5.41) is 7.36. The fourth-order valence-electron chi connectivity index (χ4n) is 5.11. The molecular weight excluding hydrogens is 477 g/mol. The van der Waals surface area contributed by atoms with E-state index in [1.165, 1.54) is 0 Å². The lowest BCUT2D eigenvalue weighted by Crippen LogP contribution is -2.40. The summed E-state index contributed by atoms with van der Waals surface area (Å²) in [6, 6.07) is -0.238. The highest BCUT2D eigenvalue weighted by atomic mass is 19.1. The number of imidazole rings is 1. The largest absolute Gasteiger partial charge is 0.480 e. The third-order valence-corrected chi connectivity index (χ3v) is 7.14. The van der Waals surface area contributed by atoms with Gasteiger partial charge in [-0.1, -0.05) is 6.58 Å². The summed E-state index contributed by atoms with van der Waals surface area (Å²) < 4.78 is 24.4. The number of ether oxygens (including phenoxy) is 1. The van der Waals surface area contributed by atoms with Crippen LogP contribution in [0.5, 0.6) is 5.88 Å². The highest BCUT2D eigenvalue weighted by molar-refractivity contribution is 5.87. The zero-order valence-electron chi connectivity index (χ0n) is 21.8. The Bertz CT molecular complexity index is 1300. The maximum Gasteiger partial charge on any atom is 0.243 e. The fraction of sp³-hybridized carbons (Fsp3) is 0.560. The van der Waals surface area contributed by atoms with Crippen LogP contribution in [-0.4, -0.2) is 92.7 Å². The quantitative estimate of drug-likeness (QED) is 0.457. The maximum atomic E-state index is 14.8. The van der Waals surface area contributed by atoms with Crippen LogP contribution in [0.3, 0.4) is 0 Å². The van der Waals surface area contributed by atoms with Gasteiger partial charge in [0.25, 0.3) is 0 Å². The number of likely N-dealkylation sites (N-methyl/N-ethyl adjacent to an activating group) is 1. The molecule has 1 N–H and O–H groups in total. The second-order valence-corrected chi connectivity index (χ2v) is 10.2. The Hall–Kier alpha value is -3.54. The van der Waals surface area contributed by atoms with Crippen LogP contribution in [0, 0.1) is 0 Å². The van der Waals surface area contributed by atoms with Gasteiger partial charge < -0.3 is 24.4 Å². The molecule has 2 aliphatic rings. The summed E-state index contributed by atoms with van der Waals surface area (Å²) in [6.07, 6.45) is 5.17. The van der Waals surface area contributed by atoms with Crippen LogP contribution in [0.15, 0.2) is 25.2 Å². The average Bonchev–Trinajstić information content (AvgIpc) is 3.65. The molecule has 3 aromatic rings. The number of amides is 1. The van der Waals surface area contributed by atoms with Crippen LogP contribution in [0.1, 0.15) is 43.6 Å². The van der Waals surface area contributed by atoms with E-state index in [-0.39, 0.29) is 19.1 Å². The summed E-state index contributed by atoms with van der Waals surface area (Å²) >= 11 is 0. The molecule has 11 nitrogen and oxygen atoms in total. The van der Waals surface area contributed by atoms with Gasteiger partial charge in [-0.3, -0.25) is 9.48 Å². The third-order valence-electron chi connectivity index (χ3n) is 7.14. The van der Waals surface area contributed by atoms with Gasteiger partial charge in [-0.05, 0) is 39.9 Å². The highest BCUT2D eigenvalue weighted by Crippen LogP contribution is 2.29. The van der Waals surface area contributed by atoms with Crippen molar-refractivity contribution in [1.29, 1.82) is 0 Å². The molecule has 0 saturated carbocycles. The highest BCUT2D eigenvalue weighted by Gasteiger charge is 2.35. The number of anilines is 1. The van der Waals surface area contributed by atoms with E-state index in [4.69, 9.17) is 19.8 Å². The Morgan fingerprint density at radius 2 is 2.14 bits per heavy atom. The number of nitrogens with one attached hydrogen (secondary N) is 1. The van der Waals surface area contributed by atoms with Crippen molar-refractivity contribution in [3.05, 3.63) is 36.4 Å². The first-order chi connectivity index (χ1) is 17.8. The van der Waals surface area contributed by atoms with Crippen molar-refractivity contribution in [3.8, 4) is 5.88 Å². The third kappa shape index (κ3) is 4.89. The topological polar surface area (TPSA) is 106 Å². The van der Waals surface area contributed by atoms with E-state index in [0.717, 1.165) is 36.8 Å². The van der Waals surface area contributed by atoms with Crippen molar-refractivity contribution in [2.24, 2.45) is 0 Å². The molecule has 12 heteroatoms. The van der Waals surface area contributed by atoms with Crippen molar-refractivity contribution in [1.82, 2.24) is 39.5 Å². The molecule has 37 heavy (non-hydrogen) atoms. The number of alkyl halides is 1. The maximum absolute atomic E-state index is 14.8. The Kier molecular flexibility index (Phi) is 6.84. The van der Waals surface area contributed by atoms with E-state index in [2.05, 4.69) is 42.7 Å². The van der Waals surface area contributed by atoms with Gasteiger partial charge in [-0.15, -0.1) is 5.10 Å². The van der Waals surface area contributed by atoms with Crippen molar-refractivity contribution < 1.29 is 13.9 Å². The number of methoxy groups -OCH3 is 1. The minimum atomic E-state index is -1.25. The number of fused-ring (bicyclic) bond motifs is 1. The van der Waals surface area contributed by atoms with Gasteiger partial charge in [0, 0.05) is 37.3 Å². The molecule has 0 aliphatic carbocycles. The molecule has 2 saturated heterocycles. The number of hydrogen-bond donors (Lipinski definition) is 1. The number of aromatic nitrogens is 6. The van der Waals surface area contributed by atoms with Crippen LogP contribution >= 0.6 is 0 Å². The molecule has 3 atom stereocenters. The molecule has 5 rings (SSSR count). The van der Waals surface area contributed by atoms with Gasteiger partial charge in [0.1, 0.15) is 11.7 Å². The monoisotopic (exact) mass is 511 g/mol. The molecule has 5 heterocycles. The predicted octanol–water partition coefficient (Wildman–Crippen LogP) is 1.91. The number of rotatable bonds is 8. The lowest BCUT2D eigenvalue weighted by Gasteiger charge is -2.18. The molecule has 2 fully saturated rings. The Labute approximate surface area is 215 Å². The van der Waals surface area contributed by atoms with Gasteiger partial charge in [-0.25, -0.2) is 14.4 Å². The first kappa shape index (κ1) is 25.1. The zero-order valence-corrected chi connectivity index (χ0v) is 21.8. The van der Waals surface area contributed by atoms with Gasteiger partial charge in [-0.2, -0.15) is 4.98 Å². The summed E-state index contributed by atoms with van der Waals surface area (Å²) in [6.45, 7) is 9.88. The summed E-state index contributed by atoms with van der Waals surface area (Å²) in [4.78, 5) is 30.1. The number of carbonyl (C=O) groups excluding carboxylic acids is 1. The van der Waals surface area contributed by atoms with E-state index in [1.807, 2.05) is 15.4 Å². The van der Waals surface area contributed by atoms with E-state index < -0.39 is 18.1 Å². The lowest BCUT2D eigenvalue weighted by molar-refractivity contribution is -0.117. The first-order valence-electron chi connectivity index (χ1n) is 12.6. The van der Waals surface area contributed by atoms with Gasteiger partial charge in [0.2, 0.25) is 17.7 Å². The molecule has 0 bridgehead atoms. The molecule has 0 spiro atoms. The Morgan fingerprint density at radius 3 is 2.81 bits per heavy atom. The second-order valence-electron chi connectivity index (χ2n) is 10.2. The van der Waals surface area contributed by atoms with Crippen LogP contribution in [-0.2, 0) is 11.2 Å². The van der Waals surface area contributed by atoms with E-state index in [1.54, 1.807) is 18.3 Å². The van der Waals surface area contributed by atoms with E-state index >= 15 is 0 Å². The molecule has 0 aromatic carbocycles. The van der Waals surface area contributed by atoms with Gasteiger partial charge in [0.15, 0.2) is 5.65 Å². The zero-order chi connectivity index (χ0) is 26.3. The van der Waals surface area contributed by atoms with Crippen molar-refractivity contribution in [2.75, 3.05) is 45.2 Å². The summed E-state index contributed by atoms with van der Waals surface area (Å²) in [5.41, 5.74) is 3.01. The normalized spacial score (nSPS) is 22.3. The predicted molar refractivity (Wildman–Crippen MR) is 138 cm³/mol. The molecule has 1 amide bonds. The SMILES string of the molecule is C=CC(=O)N[C@@H]1CN(c2nc(Cc3cn([C@@H]4CCN(C)C4)nc3OC)c3ncn(C(C)C)c3n2)C[C@H]1F. The number of hydrogen-bond acceptors (Lipinski definition) is 8. The smallest absolute Gasteiger partial charge is 0.243 e. The number of carbonyl (C=O) groups is 1. The van der Waals surface area contributed by atoms with Crippen LogP contribution in [0.25, 0.3) is 11.2 Å². The van der Waals surface area contributed by atoms with Crippen molar-refractivity contribution >= 4 is 23.0 Å². The van der Waals surface area contributed by atoms with E-state index in [9.17, 15) is 9.18 Å². The lowest BCUT2D eigenvalue weighted by atomic mass is 10.1. The van der Waals surface area contributed by atoms with Crippen molar-refractivity contribution in [3.63, 3.8) is 0 Å². The second kappa shape index (κ2) is 10.1. The van der Waals surface area contributed by atoms with Gasteiger partial charge >= 0.3 is 0 Å². The molecule has 0 unspecified atom stereocenters. The van der Waals surface area contributed by atoms with Crippen molar-refractivity contribution in [2.45, 2.75) is 51.0 Å². The Morgan fingerprint density at radius 1 is 1.32 bits per heavy atom. The summed E-state index contributed by atoms with van der Waals surface area (Å²) in [5.74, 6) is 0.567. The van der Waals surface area contributed by atoms with Crippen LogP contribution in [0.4, 0.5) is 10.3 Å². The minimum Gasteiger partial charge on any atom is -0.480 e. The van der Waals surface area contributed by atoms with Crippen LogP contribution in [0.2, 0.25) is 0 Å². The summed E-state index contributed by atoms with van der Waals surface area (Å²) in [7, 11) is 3.73. The van der Waals surface area contributed by atoms with Gasteiger partial charge in [0.05, 0.1) is 37.8 Å². The van der Waals surface area contributed by atoms with E-state index in [0.29, 0.717) is 35.5 Å². The number of likely N-dealkylation sites (tertiary alicyclic amines) is 1. The molecule has 3 aromatic heterocycles. The molecule has 198 valence electrons. The molecular formula is C25H34FN9O2. The first-order valence-corrected chi connectivity index (χ1v) is 12.6. The minimum absolute atomic E-state index is 0.0826. The van der Waals surface area contributed by atoms with Crippen LogP contribution < -0.4 is 15.0 Å². The number of halogens is 1. The fourth-order valence-corrected chi connectivity index (χ4v) is 5.11. The molecule has 0 radical (unpaired) electrons. The standard InChI is InChI=1S/C25H34FN9O2/c1-6-21(36)28-20-13-33(12-18(20)26)25-29-19(22-23(30-25)34(14-27-22)15(2)3)9-16-10-35(31-24(16)37-5)17-7-8-32(4)11-17/h6,10,14-15,17-18,20H,1,7-9,11-13H2,2-5H3,(H,28,36)/t17-,18-,20-/m1/s1.